The summed E-state index contributed by atoms with van der Waals surface area (Å²) in [5.74, 6) is 0. The Labute approximate surface area is 154 Å². The lowest BCUT2D eigenvalue weighted by Crippen LogP contribution is -2.23. The van der Waals surface area contributed by atoms with Crippen molar-refractivity contribution >= 4 is 32.4 Å². The number of aromatic nitrogens is 3. The van der Waals surface area contributed by atoms with Gasteiger partial charge in [-0.3, -0.25) is 10.1 Å². The van der Waals surface area contributed by atoms with E-state index >= 15 is 0 Å². The Morgan fingerprint density at radius 3 is 2.70 bits per heavy atom. The van der Waals surface area contributed by atoms with Crippen LogP contribution in [0.25, 0.3) is 11.0 Å². The number of nitro groups is 1. The molecule has 1 fully saturated rings. The van der Waals surface area contributed by atoms with E-state index in [1.165, 1.54) is 18.3 Å². The van der Waals surface area contributed by atoms with Crippen LogP contribution in [0.1, 0.15) is 6.42 Å². The van der Waals surface area contributed by atoms with Gasteiger partial charge in [-0.2, -0.15) is 13.5 Å². The van der Waals surface area contributed by atoms with Crippen molar-refractivity contribution in [3.8, 4) is 0 Å². The molecular formula is C16H16N6O4S. The Morgan fingerprint density at radius 2 is 2.04 bits per heavy atom. The van der Waals surface area contributed by atoms with E-state index in [0.717, 1.165) is 23.2 Å². The molecule has 1 aromatic carbocycles. The second-order valence-electron chi connectivity index (χ2n) is 6.15. The van der Waals surface area contributed by atoms with Gasteiger partial charge in [0, 0.05) is 12.6 Å². The number of hydrogen-bond donors (Lipinski definition) is 2. The van der Waals surface area contributed by atoms with Crippen LogP contribution in [0.15, 0.2) is 47.6 Å². The van der Waals surface area contributed by atoms with Gasteiger partial charge in [-0.05, 0) is 25.1 Å². The molecule has 10 nitrogen and oxygen atoms in total. The van der Waals surface area contributed by atoms with Crippen molar-refractivity contribution in [2.75, 3.05) is 18.4 Å². The molecule has 27 heavy (non-hydrogen) atoms. The average molecular weight is 388 g/mol. The van der Waals surface area contributed by atoms with Crippen molar-refractivity contribution in [3.63, 3.8) is 0 Å². The molecule has 11 heteroatoms. The van der Waals surface area contributed by atoms with Crippen molar-refractivity contribution in [1.29, 1.82) is 0 Å². The van der Waals surface area contributed by atoms with Crippen molar-refractivity contribution < 1.29 is 13.3 Å². The zero-order valence-corrected chi connectivity index (χ0v) is 14.9. The van der Waals surface area contributed by atoms with Gasteiger partial charge >= 0.3 is 5.69 Å². The molecule has 1 aliphatic heterocycles. The summed E-state index contributed by atoms with van der Waals surface area (Å²) in [6, 6.07) is 7.84. The Hall–Kier alpha value is -3.05. The van der Waals surface area contributed by atoms with Crippen LogP contribution in [0.2, 0.25) is 0 Å². The Kier molecular flexibility index (Phi) is 4.24. The smallest absolute Gasteiger partial charge is 0.311 e. The highest BCUT2D eigenvalue weighted by molar-refractivity contribution is 7.90. The molecule has 0 amide bonds. The molecule has 1 aliphatic rings. The second-order valence-corrected chi connectivity index (χ2v) is 7.92. The second kappa shape index (κ2) is 6.59. The molecule has 140 valence electrons. The summed E-state index contributed by atoms with van der Waals surface area (Å²) >= 11 is 0. The lowest BCUT2D eigenvalue weighted by Gasteiger charge is -2.13. The van der Waals surface area contributed by atoms with Gasteiger partial charge in [-0.1, -0.05) is 18.2 Å². The highest BCUT2D eigenvalue weighted by atomic mass is 32.2. The zero-order valence-electron chi connectivity index (χ0n) is 14.1. The monoisotopic (exact) mass is 388 g/mol. The zero-order chi connectivity index (χ0) is 19.0. The predicted octanol–water partition coefficient (Wildman–Crippen LogP) is 1.35. The summed E-state index contributed by atoms with van der Waals surface area (Å²) in [7, 11) is -3.97. The Balaban J connectivity index is 1.87. The Bertz CT molecular complexity index is 1110. The van der Waals surface area contributed by atoms with Crippen LogP contribution in [0, 0.1) is 10.1 Å². The number of nitrogens with one attached hydrogen (secondary N) is 2. The molecule has 0 radical (unpaired) electrons. The van der Waals surface area contributed by atoms with Crippen LogP contribution in [-0.4, -0.2) is 46.6 Å². The van der Waals surface area contributed by atoms with Crippen LogP contribution in [0.4, 0.5) is 11.4 Å². The summed E-state index contributed by atoms with van der Waals surface area (Å²) in [5, 5.41) is 22.0. The number of rotatable bonds is 5. The van der Waals surface area contributed by atoms with Crippen LogP contribution in [-0.2, 0) is 10.0 Å². The van der Waals surface area contributed by atoms with Gasteiger partial charge < -0.3 is 10.6 Å². The molecule has 0 spiro atoms. The summed E-state index contributed by atoms with van der Waals surface area (Å²) in [4.78, 5) is 15.0. The van der Waals surface area contributed by atoms with Crippen molar-refractivity contribution in [2.24, 2.45) is 0 Å². The van der Waals surface area contributed by atoms with Gasteiger partial charge in [-0.15, -0.1) is 4.09 Å². The first-order valence-electron chi connectivity index (χ1n) is 8.27. The van der Waals surface area contributed by atoms with E-state index in [2.05, 4.69) is 20.7 Å². The highest BCUT2D eigenvalue weighted by Crippen LogP contribution is 2.33. The molecule has 0 unspecified atom stereocenters. The number of nitrogens with zero attached hydrogens (tertiary/aromatic N) is 4. The normalized spacial score (nSPS) is 17.3. The summed E-state index contributed by atoms with van der Waals surface area (Å²) < 4.78 is 26.6. The minimum absolute atomic E-state index is 0.00313. The third-order valence-corrected chi connectivity index (χ3v) is 6.01. The van der Waals surface area contributed by atoms with Crippen molar-refractivity contribution in [1.82, 2.24) is 19.5 Å². The largest absolute Gasteiger partial charge is 0.375 e. The molecule has 0 aliphatic carbocycles. The number of hydrogen-bond acceptors (Lipinski definition) is 8. The molecule has 2 aromatic heterocycles. The molecule has 0 saturated carbocycles. The minimum atomic E-state index is -3.97. The fraction of sp³-hybridized carbons (Fsp3) is 0.250. The van der Waals surface area contributed by atoms with Gasteiger partial charge in [0.25, 0.3) is 10.0 Å². The van der Waals surface area contributed by atoms with Gasteiger partial charge in [-0.25, -0.2) is 4.98 Å². The molecule has 2 N–H and O–H groups in total. The topological polar surface area (TPSA) is 132 Å². The van der Waals surface area contributed by atoms with Gasteiger partial charge in [0.15, 0.2) is 5.65 Å². The average Bonchev–Trinajstić information content (AvgIpc) is 3.32. The standard InChI is InChI=1S/C16H16N6O4S/c23-22(24)14-10-18-16-13(15(14)20-11-6-7-17-8-11)9-19-21(16)27(25,26)12-4-2-1-3-5-12/h1-5,9-11,17H,6-8H2,(H,18,20)/t11-/m0/s1. The van der Waals surface area contributed by atoms with Crippen LogP contribution in [0.3, 0.4) is 0 Å². The summed E-state index contributed by atoms with van der Waals surface area (Å²) in [5.41, 5.74) is 0.0529. The van der Waals surface area contributed by atoms with E-state index in [1.54, 1.807) is 18.2 Å². The SMILES string of the molecule is O=[N+]([O-])c1cnc2c(cnn2S(=O)(=O)c2ccccc2)c1N[C@H]1CCNC1. The quantitative estimate of drug-likeness (QED) is 0.494. The first-order valence-corrected chi connectivity index (χ1v) is 9.71. The van der Waals surface area contributed by atoms with Gasteiger partial charge in [0.05, 0.1) is 21.4 Å². The highest BCUT2D eigenvalue weighted by Gasteiger charge is 2.28. The predicted molar refractivity (Wildman–Crippen MR) is 98.1 cm³/mol. The third-order valence-electron chi connectivity index (χ3n) is 4.42. The first-order chi connectivity index (χ1) is 13.0. The maximum Gasteiger partial charge on any atom is 0.311 e. The lowest BCUT2D eigenvalue weighted by atomic mass is 10.2. The number of pyridine rings is 1. The number of anilines is 1. The van der Waals surface area contributed by atoms with Crippen LogP contribution >= 0.6 is 0 Å². The number of benzene rings is 1. The fourth-order valence-electron chi connectivity index (χ4n) is 3.09. The fourth-order valence-corrected chi connectivity index (χ4v) is 4.33. The van der Waals surface area contributed by atoms with E-state index < -0.39 is 14.9 Å². The summed E-state index contributed by atoms with van der Waals surface area (Å²) in [6.07, 6.45) is 3.16. The van der Waals surface area contributed by atoms with Gasteiger partial charge in [0.1, 0.15) is 11.9 Å². The Morgan fingerprint density at radius 1 is 1.26 bits per heavy atom. The first kappa shape index (κ1) is 17.4. The van der Waals surface area contributed by atoms with E-state index in [1.807, 2.05) is 0 Å². The van der Waals surface area contributed by atoms with E-state index in [0.29, 0.717) is 6.54 Å². The molecular weight excluding hydrogens is 372 g/mol. The molecule has 1 saturated heterocycles. The maximum atomic E-state index is 12.9. The van der Waals surface area contributed by atoms with Crippen molar-refractivity contribution in [3.05, 3.63) is 52.8 Å². The van der Waals surface area contributed by atoms with E-state index in [4.69, 9.17) is 0 Å². The minimum Gasteiger partial charge on any atom is -0.375 e. The third kappa shape index (κ3) is 3.00. The number of fused-ring (bicyclic) bond motifs is 1. The summed E-state index contributed by atoms with van der Waals surface area (Å²) in [6.45, 7) is 1.47. The lowest BCUT2D eigenvalue weighted by molar-refractivity contribution is -0.384. The molecule has 4 rings (SSSR count). The molecule has 0 bridgehead atoms. The van der Waals surface area contributed by atoms with E-state index in [9.17, 15) is 18.5 Å². The molecule has 3 heterocycles. The molecule has 1 atom stereocenters. The molecule has 3 aromatic rings. The maximum absolute atomic E-state index is 12.9. The van der Waals surface area contributed by atoms with Crippen LogP contribution in [0.5, 0.6) is 0 Å². The van der Waals surface area contributed by atoms with Crippen LogP contribution < -0.4 is 10.6 Å². The van der Waals surface area contributed by atoms with E-state index in [-0.39, 0.29) is 33.3 Å². The van der Waals surface area contributed by atoms with Crippen molar-refractivity contribution in [2.45, 2.75) is 17.4 Å². The van der Waals surface area contributed by atoms with Gasteiger partial charge in [0.2, 0.25) is 0 Å².